The molecule has 2 heterocycles. The zero-order chi connectivity index (χ0) is 15.7. The summed E-state index contributed by atoms with van der Waals surface area (Å²) in [7, 11) is -1.36. The van der Waals surface area contributed by atoms with Crippen molar-refractivity contribution in [2.24, 2.45) is 5.92 Å². The number of methoxy groups -OCH3 is 1. The minimum Gasteiger partial charge on any atom is -0.380 e. The number of fused-ring (bicyclic) bond motifs is 2. The van der Waals surface area contributed by atoms with Gasteiger partial charge in [-0.25, -0.2) is 8.42 Å². The molecule has 3 rings (SSSR count). The van der Waals surface area contributed by atoms with Crippen LogP contribution in [0.5, 0.6) is 0 Å². The summed E-state index contributed by atoms with van der Waals surface area (Å²) in [6, 6.07) is 7.46. The van der Waals surface area contributed by atoms with Gasteiger partial charge < -0.3 is 4.74 Å². The summed E-state index contributed by atoms with van der Waals surface area (Å²) < 4.78 is 29.6. The van der Waals surface area contributed by atoms with Gasteiger partial charge >= 0.3 is 0 Å². The van der Waals surface area contributed by atoms with E-state index in [-0.39, 0.29) is 22.2 Å². The van der Waals surface area contributed by atoms with Gasteiger partial charge in [0.2, 0.25) is 0 Å². The monoisotopic (exact) mass is 322 g/mol. The average Bonchev–Trinajstić information content (AvgIpc) is 2.46. The van der Waals surface area contributed by atoms with Crippen molar-refractivity contribution in [3.05, 3.63) is 35.4 Å². The van der Waals surface area contributed by atoms with Gasteiger partial charge in [-0.3, -0.25) is 4.79 Å². The van der Waals surface area contributed by atoms with Crippen molar-refractivity contribution in [2.45, 2.75) is 49.2 Å². The summed E-state index contributed by atoms with van der Waals surface area (Å²) >= 11 is 0. The fourth-order valence-electron chi connectivity index (χ4n) is 3.79. The van der Waals surface area contributed by atoms with Crippen LogP contribution in [-0.4, -0.2) is 31.8 Å². The van der Waals surface area contributed by atoms with E-state index in [1.165, 1.54) is 0 Å². The largest absolute Gasteiger partial charge is 0.380 e. The Balaban J connectivity index is 1.76. The van der Waals surface area contributed by atoms with Crippen LogP contribution in [-0.2, 0) is 21.2 Å². The lowest BCUT2D eigenvalue weighted by molar-refractivity contribution is 0.0894. The van der Waals surface area contributed by atoms with Gasteiger partial charge in [0.1, 0.15) is 0 Å². The van der Waals surface area contributed by atoms with Crippen LogP contribution in [0.25, 0.3) is 0 Å². The molecule has 1 aromatic carbocycles. The van der Waals surface area contributed by atoms with Gasteiger partial charge in [-0.15, -0.1) is 0 Å². The Kier molecular flexibility index (Phi) is 4.37. The molecule has 2 aliphatic heterocycles. The van der Waals surface area contributed by atoms with E-state index in [1.54, 1.807) is 7.11 Å². The van der Waals surface area contributed by atoms with E-state index in [2.05, 4.69) is 0 Å². The molecule has 0 N–H and O–H groups in total. The first kappa shape index (κ1) is 15.7. The lowest BCUT2D eigenvalue weighted by atomic mass is 9.84. The third-order valence-corrected chi connectivity index (χ3v) is 7.71. The van der Waals surface area contributed by atoms with E-state index in [0.29, 0.717) is 25.0 Å². The Morgan fingerprint density at radius 3 is 2.27 bits per heavy atom. The highest BCUT2D eigenvalue weighted by Gasteiger charge is 2.45. The molecule has 0 aromatic heterocycles. The summed E-state index contributed by atoms with van der Waals surface area (Å²) in [4.78, 5) is 12.7. The normalized spacial score (nSPS) is 30.0. The summed E-state index contributed by atoms with van der Waals surface area (Å²) in [5.74, 6) is -0.0529. The third kappa shape index (κ3) is 2.84. The zero-order valence-corrected chi connectivity index (χ0v) is 13.6. The average molecular weight is 322 g/mol. The Morgan fingerprint density at radius 1 is 1.14 bits per heavy atom. The fourth-order valence-corrected chi connectivity index (χ4v) is 6.33. The molecule has 0 saturated carbocycles. The number of rotatable bonds is 4. The van der Waals surface area contributed by atoms with Gasteiger partial charge in [-0.1, -0.05) is 30.7 Å². The van der Waals surface area contributed by atoms with E-state index in [9.17, 15) is 13.2 Å². The van der Waals surface area contributed by atoms with Gasteiger partial charge in [-0.05, 0) is 31.2 Å². The number of carbonyl (C=O) groups is 1. The van der Waals surface area contributed by atoms with E-state index in [0.717, 1.165) is 24.8 Å². The summed E-state index contributed by atoms with van der Waals surface area (Å²) in [6.45, 7) is 0.528. The molecule has 2 fully saturated rings. The Hall–Kier alpha value is -1.20. The number of sulfone groups is 1. The molecule has 1 aromatic rings. The molecule has 2 bridgehead atoms. The second kappa shape index (κ2) is 6.13. The molecule has 0 amide bonds. The number of hydrogen-bond donors (Lipinski definition) is 0. The topological polar surface area (TPSA) is 60.4 Å². The molecule has 2 atom stereocenters. The van der Waals surface area contributed by atoms with Crippen molar-refractivity contribution >= 4 is 15.6 Å². The Bertz CT molecular complexity index is 628. The van der Waals surface area contributed by atoms with Crippen molar-refractivity contribution < 1.29 is 17.9 Å². The first-order valence-electron chi connectivity index (χ1n) is 7.87. The van der Waals surface area contributed by atoms with E-state index >= 15 is 0 Å². The van der Waals surface area contributed by atoms with Crippen LogP contribution in [0.15, 0.2) is 24.3 Å². The molecule has 120 valence electrons. The van der Waals surface area contributed by atoms with E-state index in [4.69, 9.17) is 4.74 Å². The SMILES string of the molecule is COCc1ccc(C(=O)C2CC3CCCC(C2)S3(=O)=O)cc1. The summed E-state index contributed by atoms with van der Waals surface area (Å²) in [5, 5.41) is -0.608. The Morgan fingerprint density at radius 2 is 1.73 bits per heavy atom. The van der Waals surface area contributed by atoms with Crippen LogP contribution < -0.4 is 0 Å². The second-order valence-electron chi connectivity index (χ2n) is 6.43. The number of carbonyl (C=O) groups excluding carboxylic acids is 1. The van der Waals surface area contributed by atoms with Crippen LogP contribution in [0.1, 0.15) is 48.0 Å². The minimum atomic E-state index is -3.00. The van der Waals surface area contributed by atoms with Crippen molar-refractivity contribution in [1.29, 1.82) is 0 Å². The van der Waals surface area contributed by atoms with Crippen molar-refractivity contribution in [1.82, 2.24) is 0 Å². The third-order valence-electron chi connectivity index (χ3n) is 5.00. The lowest BCUT2D eigenvalue weighted by Crippen LogP contribution is -2.45. The molecule has 5 heteroatoms. The highest BCUT2D eigenvalue weighted by Crippen LogP contribution is 2.40. The molecular formula is C17H22O4S. The van der Waals surface area contributed by atoms with E-state index < -0.39 is 9.84 Å². The molecular weight excluding hydrogens is 300 g/mol. The highest BCUT2D eigenvalue weighted by atomic mass is 32.2. The van der Waals surface area contributed by atoms with Crippen molar-refractivity contribution in [2.75, 3.05) is 7.11 Å². The quantitative estimate of drug-likeness (QED) is 0.800. The molecule has 4 nitrogen and oxygen atoms in total. The maximum absolute atomic E-state index is 12.7. The highest BCUT2D eigenvalue weighted by molar-refractivity contribution is 7.92. The van der Waals surface area contributed by atoms with Gasteiger partial charge in [0.15, 0.2) is 15.6 Å². The predicted molar refractivity (Wildman–Crippen MR) is 84.6 cm³/mol. The van der Waals surface area contributed by atoms with Gasteiger partial charge in [0.05, 0.1) is 17.1 Å². The molecule has 22 heavy (non-hydrogen) atoms. The summed E-state index contributed by atoms with van der Waals surface area (Å²) in [6.07, 6.45) is 3.40. The van der Waals surface area contributed by atoms with Crippen LogP contribution in [0, 0.1) is 5.92 Å². The first-order valence-corrected chi connectivity index (χ1v) is 9.48. The van der Waals surface area contributed by atoms with Crippen LogP contribution in [0.3, 0.4) is 0 Å². The first-order chi connectivity index (χ1) is 10.5. The van der Waals surface area contributed by atoms with Crippen LogP contribution in [0.4, 0.5) is 0 Å². The maximum Gasteiger partial charge on any atom is 0.166 e. The molecule has 0 aliphatic carbocycles. The number of ether oxygens (including phenoxy) is 1. The molecule has 0 radical (unpaired) electrons. The predicted octanol–water partition coefficient (Wildman–Crippen LogP) is 2.76. The number of Topliss-reactive ketones (excluding diaryl/α,β-unsaturated/α-hetero) is 1. The van der Waals surface area contributed by atoms with Gasteiger partial charge in [0.25, 0.3) is 0 Å². The number of hydrogen-bond acceptors (Lipinski definition) is 4. The van der Waals surface area contributed by atoms with Crippen LogP contribution >= 0.6 is 0 Å². The zero-order valence-electron chi connectivity index (χ0n) is 12.8. The van der Waals surface area contributed by atoms with Crippen LogP contribution in [0.2, 0.25) is 0 Å². The van der Waals surface area contributed by atoms with Crippen molar-refractivity contribution in [3.63, 3.8) is 0 Å². The number of ketones is 1. The second-order valence-corrected chi connectivity index (χ2v) is 8.94. The molecule has 2 aliphatic rings. The smallest absolute Gasteiger partial charge is 0.166 e. The van der Waals surface area contributed by atoms with Gasteiger partial charge in [-0.2, -0.15) is 0 Å². The maximum atomic E-state index is 12.7. The lowest BCUT2D eigenvalue weighted by Gasteiger charge is -2.38. The standard InChI is InChI=1S/C17H22O4S/c1-21-11-12-5-7-13(8-6-12)17(18)14-9-15-3-2-4-16(10-14)22(15,19)20/h5-8,14-16H,2-4,9-11H2,1H3. The Labute approximate surface area is 131 Å². The van der Waals surface area contributed by atoms with E-state index in [1.807, 2.05) is 24.3 Å². The fraction of sp³-hybridized carbons (Fsp3) is 0.588. The number of benzene rings is 1. The van der Waals surface area contributed by atoms with Crippen molar-refractivity contribution in [3.8, 4) is 0 Å². The molecule has 2 unspecified atom stereocenters. The minimum absolute atomic E-state index is 0.0933. The molecule has 0 spiro atoms. The molecule has 2 saturated heterocycles. The van der Waals surface area contributed by atoms with Gasteiger partial charge in [0, 0.05) is 18.6 Å². The summed E-state index contributed by atoms with van der Waals surface area (Å²) in [5.41, 5.74) is 1.71.